The van der Waals surface area contributed by atoms with E-state index in [-0.39, 0.29) is 0 Å². The van der Waals surface area contributed by atoms with Crippen LogP contribution in [0.1, 0.15) is 98.3 Å². The van der Waals surface area contributed by atoms with Crippen molar-refractivity contribution in [2.24, 2.45) is 46.3 Å². The topological polar surface area (TPSA) is 0 Å². The molecule has 25 heavy (non-hydrogen) atoms. The second kappa shape index (κ2) is 6.72. The van der Waals surface area contributed by atoms with Gasteiger partial charge in [-0.05, 0) is 104 Å². The van der Waals surface area contributed by atoms with Gasteiger partial charge in [-0.3, -0.25) is 0 Å². The largest absolute Gasteiger partial charge is 0.0885 e. The zero-order chi connectivity index (χ0) is 17.7. The van der Waals surface area contributed by atoms with Gasteiger partial charge < -0.3 is 0 Å². The molecule has 0 aromatic heterocycles. The Hall–Kier alpha value is -0.260. The van der Waals surface area contributed by atoms with Crippen molar-refractivity contribution in [2.75, 3.05) is 0 Å². The minimum Gasteiger partial charge on any atom is -0.0885 e. The molecule has 0 aliphatic heterocycles. The molecule has 1 unspecified atom stereocenters. The molecule has 4 fully saturated rings. The van der Waals surface area contributed by atoms with Gasteiger partial charge in [-0.1, -0.05) is 52.7 Å². The molecule has 0 bridgehead atoms. The summed E-state index contributed by atoms with van der Waals surface area (Å²) in [5, 5.41) is 0. The van der Waals surface area contributed by atoms with Gasteiger partial charge in [0, 0.05) is 0 Å². The third-order valence-electron chi connectivity index (χ3n) is 9.97. The predicted octanol–water partition coefficient (Wildman–Crippen LogP) is 7.64. The van der Waals surface area contributed by atoms with Gasteiger partial charge in [0.1, 0.15) is 0 Å². The highest BCUT2D eigenvalue weighted by Gasteiger charge is 2.59. The summed E-state index contributed by atoms with van der Waals surface area (Å²) < 4.78 is 0. The van der Waals surface area contributed by atoms with Gasteiger partial charge in [0.2, 0.25) is 0 Å². The number of rotatable bonds is 3. The number of fused-ring (bicyclic) bond motifs is 5. The van der Waals surface area contributed by atoms with Gasteiger partial charge in [0.05, 0.1) is 0 Å². The molecule has 0 aromatic rings. The second-order valence-corrected chi connectivity index (χ2v) is 10.8. The normalized spacial score (nSPS) is 51.0. The maximum absolute atomic E-state index is 2.72. The Labute approximate surface area is 157 Å². The van der Waals surface area contributed by atoms with E-state index < -0.39 is 0 Å². The van der Waals surface area contributed by atoms with Crippen LogP contribution in [0.3, 0.4) is 0 Å². The highest BCUT2D eigenvalue weighted by atomic mass is 14.6. The molecule has 4 aliphatic carbocycles. The van der Waals surface area contributed by atoms with Crippen LogP contribution in [-0.2, 0) is 0 Å². The Balaban J connectivity index is 1.56. The molecule has 8 atom stereocenters. The van der Waals surface area contributed by atoms with E-state index in [1.165, 1.54) is 38.5 Å². The number of hydrogen-bond acceptors (Lipinski definition) is 0. The monoisotopic (exact) mass is 342 g/mol. The Morgan fingerprint density at radius 1 is 0.880 bits per heavy atom. The fourth-order valence-corrected chi connectivity index (χ4v) is 8.68. The maximum atomic E-state index is 2.72. The molecule has 4 aliphatic rings. The van der Waals surface area contributed by atoms with Crippen molar-refractivity contribution in [3.63, 3.8) is 0 Å². The van der Waals surface area contributed by atoms with Crippen LogP contribution in [0.4, 0.5) is 0 Å². The van der Waals surface area contributed by atoms with E-state index >= 15 is 0 Å². The van der Waals surface area contributed by atoms with Gasteiger partial charge in [-0.25, -0.2) is 0 Å². The summed E-state index contributed by atoms with van der Waals surface area (Å²) in [5.74, 6) is 5.95. The Bertz CT molecular complexity index is 504. The van der Waals surface area contributed by atoms with Crippen molar-refractivity contribution in [1.82, 2.24) is 0 Å². The van der Waals surface area contributed by atoms with E-state index in [0.717, 1.165) is 35.5 Å². The van der Waals surface area contributed by atoms with E-state index in [1.54, 1.807) is 32.1 Å². The van der Waals surface area contributed by atoms with Crippen molar-refractivity contribution in [1.29, 1.82) is 0 Å². The third kappa shape index (κ3) is 2.76. The molecule has 0 heteroatoms. The lowest BCUT2D eigenvalue weighted by molar-refractivity contribution is -0.112. The Morgan fingerprint density at radius 2 is 1.68 bits per heavy atom. The average molecular weight is 343 g/mol. The fourth-order valence-electron chi connectivity index (χ4n) is 8.68. The Kier molecular flexibility index (Phi) is 4.87. The predicted molar refractivity (Wildman–Crippen MR) is 108 cm³/mol. The van der Waals surface area contributed by atoms with Crippen molar-refractivity contribution in [3.05, 3.63) is 12.2 Å². The minimum absolute atomic E-state index is 0.635. The van der Waals surface area contributed by atoms with Crippen molar-refractivity contribution >= 4 is 0 Å². The molecule has 0 spiro atoms. The molecule has 0 radical (unpaired) electrons. The van der Waals surface area contributed by atoms with Crippen LogP contribution in [0.15, 0.2) is 12.2 Å². The van der Waals surface area contributed by atoms with E-state index in [1.807, 2.05) is 0 Å². The van der Waals surface area contributed by atoms with E-state index in [0.29, 0.717) is 10.8 Å². The lowest BCUT2D eigenvalue weighted by Crippen LogP contribution is -2.53. The van der Waals surface area contributed by atoms with Gasteiger partial charge in [-0.15, -0.1) is 0 Å². The summed E-state index contributed by atoms with van der Waals surface area (Å²) in [6.07, 6.45) is 21.5. The number of allylic oxidation sites excluding steroid dienone is 2. The quantitative estimate of drug-likeness (QED) is 0.462. The first-order valence-corrected chi connectivity index (χ1v) is 11.7. The van der Waals surface area contributed by atoms with Crippen LogP contribution in [0.5, 0.6) is 0 Å². The summed E-state index contributed by atoms with van der Waals surface area (Å²) in [6, 6.07) is 0. The third-order valence-corrected chi connectivity index (χ3v) is 9.97. The molecular formula is C25H42. The maximum Gasteiger partial charge on any atom is -0.0228 e. The lowest BCUT2D eigenvalue weighted by atomic mass is 9.44. The highest BCUT2D eigenvalue weighted by molar-refractivity contribution is 5.10. The molecular weight excluding hydrogens is 300 g/mol. The minimum atomic E-state index is 0.635. The van der Waals surface area contributed by atoms with Crippen LogP contribution in [0, 0.1) is 46.3 Å². The molecule has 0 heterocycles. The summed E-state index contributed by atoms with van der Waals surface area (Å²) in [6.45, 7) is 10.2. The SMILES string of the molecule is CCC=C[C@@H](C)[C@H]1CC[C@H]2[C@@H]3CCC4CCCC[C@]4(C)[C@H]3CC[C@]12C. The molecule has 4 saturated carbocycles. The molecule has 0 aromatic carbocycles. The first-order chi connectivity index (χ1) is 12.0. The van der Waals surface area contributed by atoms with Crippen molar-refractivity contribution in [3.8, 4) is 0 Å². The fraction of sp³-hybridized carbons (Fsp3) is 0.920. The van der Waals surface area contributed by atoms with Gasteiger partial charge in [-0.2, -0.15) is 0 Å². The lowest BCUT2D eigenvalue weighted by Gasteiger charge is -2.60. The second-order valence-electron chi connectivity index (χ2n) is 10.8. The zero-order valence-electron chi connectivity index (χ0n) is 17.4. The molecule has 4 rings (SSSR count). The van der Waals surface area contributed by atoms with Gasteiger partial charge in [0.25, 0.3) is 0 Å². The molecule has 0 nitrogen and oxygen atoms in total. The first-order valence-electron chi connectivity index (χ1n) is 11.7. The van der Waals surface area contributed by atoms with Crippen molar-refractivity contribution < 1.29 is 0 Å². The Morgan fingerprint density at radius 3 is 2.48 bits per heavy atom. The van der Waals surface area contributed by atoms with Crippen LogP contribution in [0.2, 0.25) is 0 Å². The zero-order valence-corrected chi connectivity index (χ0v) is 17.4. The summed E-state index contributed by atoms with van der Waals surface area (Å²) in [4.78, 5) is 0. The molecule has 0 N–H and O–H groups in total. The molecule has 0 saturated heterocycles. The van der Waals surface area contributed by atoms with Gasteiger partial charge >= 0.3 is 0 Å². The molecule has 142 valence electrons. The summed E-state index contributed by atoms with van der Waals surface area (Å²) in [5.41, 5.74) is 1.34. The first kappa shape index (κ1) is 18.1. The van der Waals surface area contributed by atoms with Crippen LogP contribution in [0.25, 0.3) is 0 Å². The smallest absolute Gasteiger partial charge is 0.0228 e. The number of hydrogen-bond donors (Lipinski definition) is 0. The average Bonchev–Trinajstić information content (AvgIpc) is 2.96. The molecule has 0 amide bonds. The van der Waals surface area contributed by atoms with E-state index in [4.69, 9.17) is 0 Å². The van der Waals surface area contributed by atoms with Crippen LogP contribution >= 0.6 is 0 Å². The van der Waals surface area contributed by atoms with E-state index in [9.17, 15) is 0 Å². The van der Waals surface area contributed by atoms with Crippen LogP contribution in [-0.4, -0.2) is 0 Å². The van der Waals surface area contributed by atoms with Crippen molar-refractivity contribution in [2.45, 2.75) is 98.3 Å². The van der Waals surface area contributed by atoms with E-state index in [2.05, 4.69) is 39.8 Å². The highest BCUT2D eigenvalue weighted by Crippen LogP contribution is 2.68. The standard InChI is InChI=1S/C25H42/c1-5-6-9-18(2)21-13-14-22-20-12-11-19-10-7-8-16-24(19,3)23(20)15-17-25(21,22)4/h6,9,18-23H,5,7-8,10-17H2,1-4H3/t18-,19?,20+,21-,22+,23+,24+,25-/m1/s1. The summed E-state index contributed by atoms with van der Waals surface area (Å²) >= 11 is 0. The summed E-state index contributed by atoms with van der Waals surface area (Å²) in [7, 11) is 0. The van der Waals surface area contributed by atoms with Gasteiger partial charge in [0.15, 0.2) is 0 Å². The van der Waals surface area contributed by atoms with Crippen LogP contribution < -0.4 is 0 Å².